The number of nitrogens with zero attached hydrogens (tertiary/aromatic N) is 1. The number of aromatic nitrogens is 2. The van der Waals surface area contributed by atoms with Gasteiger partial charge in [-0.3, -0.25) is 0 Å². The molecule has 0 saturated carbocycles. The largest absolute Gasteiger partial charge is 0.492 e. The number of halogens is 3. The maximum atomic E-state index is 13.7. The van der Waals surface area contributed by atoms with Gasteiger partial charge in [0.15, 0.2) is 0 Å². The van der Waals surface area contributed by atoms with E-state index in [9.17, 15) is 8.78 Å². The monoisotopic (exact) mass is 377 g/mol. The zero-order chi connectivity index (χ0) is 18.1. The van der Waals surface area contributed by atoms with E-state index in [1.54, 1.807) is 12.3 Å². The molecule has 1 aromatic carbocycles. The first kappa shape index (κ1) is 17.2. The van der Waals surface area contributed by atoms with Gasteiger partial charge in [0.2, 0.25) is 0 Å². The first-order chi connectivity index (χ1) is 12.6. The molecule has 3 aromatic rings. The summed E-state index contributed by atoms with van der Waals surface area (Å²) in [6.07, 6.45) is 3.77. The van der Waals surface area contributed by atoms with E-state index in [1.165, 1.54) is 12.1 Å². The molecule has 0 bridgehead atoms. The Labute approximate surface area is 154 Å². The van der Waals surface area contributed by atoms with Gasteiger partial charge in [0.05, 0.1) is 12.0 Å². The Hall–Kier alpha value is -2.18. The maximum Gasteiger partial charge on any atom is 0.143 e. The molecule has 1 aliphatic rings. The third kappa shape index (κ3) is 3.52. The van der Waals surface area contributed by atoms with E-state index in [4.69, 9.17) is 16.3 Å². The number of rotatable bonds is 4. The van der Waals surface area contributed by atoms with Crippen LogP contribution >= 0.6 is 11.6 Å². The minimum atomic E-state index is -0.631. The van der Waals surface area contributed by atoms with Crippen molar-refractivity contribution in [3.8, 4) is 16.9 Å². The highest BCUT2D eigenvalue weighted by Crippen LogP contribution is 2.37. The summed E-state index contributed by atoms with van der Waals surface area (Å²) in [5.41, 5.74) is 1.57. The summed E-state index contributed by atoms with van der Waals surface area (Å²) in [6, 6.07) is 5.08. The zero-order valence-electron chi connectivity index (χ0n) is 14.0. The summed E-state index contributed by atoms with van der Waals surface area (Å²) in [5, 5.41) is 4.30. The molecule has 1 aliphatic heterocycles. The number of benzene rings is 1. The standard InChI is InChI=1S/C19H18ClF2N3O/c20-17-8-16(26-10-11-1-3-23-4-2-11)18-15(9-24-19(18)25-17)12-5-13(21)7-14(22)6-12/h5-9,11,23H,1-4,10H2,(H,24,25). The first-order valence-corrected chi connectivity index (χ1v) is 8.95. The number of piperidine rings is 1. The lowest BCUT2D eigenvalue weighted by molar-refractivity contribution is 0.217. The van der Waals surface area contributed by atoms with E-state index < -0.39 is 11.6 Å². The summed E-state index contributed by atoms with van der Waals surface area (Å²) < 4.78 is 33.4. The minimum Gasteiger partial charge on any atom is -0.492 e. The molecule has 2 N–H and O–H groups in total. The van der Waals surface area contributed by atoms with Crippen LogP contribution in [0.4, 0.5) is 8.78 Å². The predicted molar refractivity (Wildman–Crippen MR) is 97.5 cm³/mol. The smallest absolute Gasteiger partial charge is 0.143 e. The van der Waals surface area contributed by atoms with Crippen molar-refractivity contribution in [2.45, 2.75) is 12.8 Å². The second-order valence-corrected chi connectivity index (χ2v) is 6.92. The highest BCUT2D eigenvalue weighted by Gasteiger charge is 2.18. The van der Waals surface area contributed by atoms with Crippen LogP contribution in [0.25, 0.3) is 22.2 Å². The fraction of sp³-hybridized carbons (Fsp3) is 0.316. The van der Waals surface area contributed by atoms with Crippen molar-refractivity contribution in [2.75, 3.05) is 19.7 Å². The van der Waals surface area contributed by atoms with E-state index in [0.29, 0.717) is 45.6 Å². The quantitative estimate of drug-likeness (QED) is 0.656. The minimum absolute atomic E-state index is 0.302. The number of ether oxygens (including phenoxy) is 1. The fourth-order valence-electron chi connectivity index (χ4n) is 3.38. The van der Waals surface area contributed by atoms with Crippen LogP contribution in [0.3, 0.4) is 0 Å². The molecule has 0 unspecified atom stereocenters. The normalized spacial score (nSPS) is 15.5. The van der Waals surface area contributed by atoms with Crippen molar-refractivity contribution in [3.05, 3.63) is 47.2 Å². The molecule has 3 heterocycles. The Morgan fingerprint density at radius 1 is 1.12 bits per heavy atom. The van der Waals surface area contributed by atoms with Crippen molar-refractivity contribution in [3.63, 3.8) is 0 Å². The van der Waals surface area contributed by atoms with Crippen molar-refractivity contribution >= 4 is 22.6 Å². The topological polar surface area (TPSA) is 49.9 Å². The third-order valence-electron chi connectivity index (χ3n) is 4.68. The maximum absolute atomic E-state index is 13.7. The van der Waals surface area contributed by atoms with E-state index >= 15 is 0 Å². The van der Waals surface area contributed by atoms with Crippen LogP contribution in [0.2, 0.25) is 5.15 Å². The van der Waals surface area contributed by atoms with E-state index in [1.807, 2.05) is 0 Å². The highest BCUT2D eigenvalue weighted by atomic mass is 35.5. The fourth-order valence-corrected chi connectivity index (χ4v) is 3.56. The first-order valence-electron chi connectivity index (χ1n) is 8.58. The molecule has 0 atom stereocenters. The molecule has 4 rings (SSSR count). The van der Waals surface area contributed by atoms with Crippen molar-refractivity contribution < 1.29 is 13.5 Å². The third-order valence-corrected chi connectivity index (χ3v) is 4.88. The van der Waals surface area contributed by atoms with Crippen LogP contribution in [0, 0.1) is 17.6 Å². The van der Waals surface area contributed by atoms with Gasteiger partial charge in [-0.25, -0.2) is 13.8 Å². The molecule has 0 radical (unpaired) electrons. The van der Waals surface area contributed by atoms with Crippen LogP contribution in [0.15, 0.2) is 30.5 Å². The number of aromatic amines is 1. The molecule has 1 fully saturated rings. The number of pyridine rings is 1. The average Bonchev–Trinajstić information content (AvgIpc) is 3.03. The Balaban J connectivity index is 1.73. The number of H-pyrrole nitrogens is 1. The van der Waals surface area contributed by atoms with Gasteiger partial charge in [0.25, 0.3) is 0 Å². The van der Waals surface area contributed by atoms with Gasteiger partial charge < -0.3 is 15.0 Å². The SMILES string of the molecule is Fc1cc(F)cc(-c2c[nH]c3nc(Cl)cc(OCC4CCNCC4)c23)c1. The number of hydrogen-bond acceptors (Lipinski definition) is 3. The Morgan fingerprint density at radius 2 is 1.85 bits per heavy atom. The molecule has 7 heteroatoms. The van der Waals surface area contributed by atoms with Crippen molar-refractivity contribution in [2.24, 2.45) is 5.92 Å². The van der Waals surface area contributed by atoms with Gasteiger partial charge in [0.1, 0.15) is 28.2 Å². The molecular weight excluding hydrogens is 360 g/mol. The van der Waals surface area contributed by atoms with Gasteiger partial charge in [-0.15, -0.1) is 0 Å². The lowest BCUT2D eigenvalue weighted by Gasteiger charge is -2.23. The predicted octanol–water partition coefficient (Wildman–Crippen LogP) is 4.54. The van der Waals surface area contributed by atoms with Gasteiger partial charge in [0, 0.05) is 23.9 Å². The summed E-state index contributed by atoms with van der Waals surface area (Å²) in [6.45, 7) is 2.54. The molecule has 4 nitrogen and oxygen atoms in total. The molecule has 2 aromatic heterocycles. The van der Waals surface area contributed by atoms with Crippen LogP contribution in [0.1, 0.15) is 12.8 Å². The molecule has 136 valence electrons. The second-order valence-electron chi connectivity index (χ2n) is 6.53. The molecule has 0 spiro atoms. The Kier molecular flexibility index (Phi) is 4.78. The average molecular weight is 378 g/mol. The van der Waals surface area contributed by atoms with Gasteiger partial charge in [-0.1, -0.05) is 11.6 Å². The number of hydrogen-bond donors (Lipinski definition) is 2. The van der Waals surface area contributed by atoms with Crippen LogP contribution in [0.5, 0.6) is 5.75 Å². The molecule has 0 amide bonds. The summed E-state index contributed by atoms with van der Waals surface area (Å²) in [4.78, 5) is 7.27. The van der Waals surface area contributed by atoms with E-state index in [-0.39, 0.29) is 0 Å². The van der Waals surface area contributed by atoms with Crippen molar-refractivity contribution in [1.29, 1.82) is 0 Å². The highest BCUT2D eigenvalue weighted by molar-refractivity contribution is 6.30. The molecule has 26 heavy (non-hydrogen) atoms. The van der Waals surface area contributed by atoms with E-state index in [0.717, 1.165) is 32.0 Å². The molecular formula is C19H18ClF2N3O. The molecule has 0 aliphatic carbocycles. The Morgan fingerprint density at radius 3 is 2.58 bits per heavy atom. The Bertz CT molecular complexity index is 918. The van der Waals surface area contributed by atoms with Gasteiger partial charge in [-0.05, 0) is 49.5 Å². The van der Waals surface area contributed by atoms with Crippen LogP contribution in [-0.2, 0) is 0 Å². The number of fused-ring (bicyclic) bond motifs is 1. The summed E-state index contributed by atoms with van der Waals surface area (Å²) >= 11 is 6.11. The summed E-state index contributed by atoms with van der Waals surface area (Å²) in [5.74, 6) is -0.228. The summed E-state index contributed by atoms with van der Waals surface area (Å²) in [7, 11) is 0. The van der Waals surface area contributed by atoms with Crippen LogP contribution < -0.4 is 10.1 Å². The zero-order valence-corrected chi connectivity index (χ0v) is 14.7. The second kappa shape index (κ2) is 7.21. The molecule has 1 saturated heterocycles. The van der Waals surface area contributed by atoms with Crippen molar-refractivity contribution in [1.82, 2.24) is 15.3 Å². The van der Waals surface area contributed by atoms with Gasteiger partial charge >= 0.3 is 0 Å². The van der Waals surface area contributed by atoms with Crippen LogP contribution in [-0.4, -0.2) is 29.7 Å². The van der Waals surface area contributed by atoms with E-state index in [2.05, 4.69) is 15.3 Å². The lowest BCUT2D eigenvalue weighted by Crippen LogP contribution is -2.30. The van der Waals surface area contributed by atoms with Gasteiger partial charge in [-0.2, -0.15) is 0 Å². The lowest BCUT2D eigenvalue weighted by atomic mass is 9.99. The number of nitrogens with one attached hydrogen (secondary N) is 2.